The summed E-state index contributed by atoms with van der Waals surface area (Å²) in [6, 6.07) is 3.12. The van der Waals surface area contributed by atoms with Gasteiger partial charge in [0, 0.05) is 5.56 Å². The van der Waals surface area contributed by atoms with Gasteiger partial charge in [-0.3, -0.25) is 4.79 Å². The van der Waals surface area contributed by atoms with Crippen molar-refractivity contribution in [3.63, 3.8) is 0 Å². The monoisotopic (exact) mass is 198 g/mol. The van der Waals surface area contributed by atoms with Crippen LogP contribution in [0.2, 0.25) is 0 Å². The van der Waals surface area contributed by atoms with E-state index in [1.54, 1.807) is 19.9 Å². The SMILES string of the molecule is Cc1c(O)ccc(C(=O)CCl)c1C. The highest BCUT2D eigenvalue weighted by Crippen LogP contribution is 2.23. The van der Waals surface area contributed by atoms with Crippen LogP contribution in [0.15, 0.2) is 12.1 Å². The van der Waals surface area contributed by atoms with E-state index in [-0.39, 0.29) is 17.4 Å². The van der Waals surface area contributed by atoms with E-state index in [4.69, 9.17) is 11.6 Å². The van der Waals surface area contributed by atoms with Crippen LogP contribution < -0.4 is 0 Å². The highest BCUT2D eigenvalue weighted by atomic mass is 35.5. The number of hydrogen-bond donors (Lipinski definition) is 1. The Kier molecular flexibility index (Phi) is 2.94. The molecule has 2 nitrogen and oxygen atoms in total. The average molecular weight is 199 g/mol. The summed E-state index contributed by atoms with van der Waals surface area (Å²) in [5, 5.41) is 9.33. The van der Waals surface area contributed by atoms with Gasteiger partial charge < -0.3 is 5.11 Å². The molecule has 0 spiro atoms. The van der Waals surface area contributed by atoms with Crippen LogP contribution in [0.5, 0.6) is 5.75 Å². The zero-order valence-electron chi connectivity index (χ0n) is 7.60. The van der Waals surface area contributed by atoms with E-state index in [0.29, 0.717) is 5.56 Å². The second-order valence-corrected chi connectivity index (χ2v) is 3.21. The van der Waals surface area contributed by atoms with Crippen LogP contribution in [0.25, 0.3) is 0 Å². The van der Waals surface area contributed by atoms with Gasteiger partial charge in [-0.25, -0.2) is 0 Å². The van der Waals surface area contributed by atoms with Crippen molar-refractivity contribution in [3.05, 3.63) is 28.8 Å². The smallest absolute Gasteiger partial charge is 0.177 e. The van der Waals surface area contributed by atoms with Crippen molar-refractivity contribution in [2.45, 2.75) is 13.8 Å². The maximum Gasteiger partial charge on any atom is 0.177 e. The molecule has 0 aromatic heterocycles. The minimum absolute atomic E-state index is 0.0228. The van der Waals surface area contributed by atoms with E-state index >= 15 is 0 Å². The van der Waals surface area contributed by atoms with Crippen molar-refractivity contribution >= 4 is 17.4 Å². The highest BCUT2D eigenvalue weighted by molar-refractivity contribution is 6.30. The Morgan fingerprint density at radius 2 is 2.00 bits per heavy atom. The molecule has 0 radical (unpaired) electrons. The number of carbonyl (C=O) groups excluding carboxylic acids is 1. The fraction of sp³-hybridized carbons (Fsp3) is 0.300. The Morgan fingerprint density at radius 1 is 1.38 bits per heavy atom. The lowest BCUT2D eigenvalue weighted by molar-refractivity contribution is 0.102. The largest absolute Gasteiger partial charge is 0.508 e. The third kappa shape index (κ3) is 1.83. The van der Waals surface area contributed by atoms with Crippen LogP contribution in [0, 0.1) is 13.8 Å². The average Bonchev–Trinajstić information content (AvgIpc) is 2.13. The summed E-state index contributed by atoms with van der Waals surface area (Å²) < 4.78 is 0. The summed E-state index contributed by atoms with van der Waals surface area (Å²) >= 11 is 5.44. The summed E-state index contributed by atoms with van der Waals surface area (Å²) in [5.41, 5.74) is 2.12. The van der Waals surface area contributed by atoms with Gasteiger partial charge in [-0.15, -0.1) is 11.6 Å². The molecule has 1 rings (SSSR count). The first-order chi connectivity index (χ1) is 6.07. The fourth-order valence-corrected chi connectivity index (χ4v) is 1.32. The first-order valence-corrected chi connectivity index (χ1v) is 4.49. The third-order valence-electron chi connectivity index (χ3n) is 2.18. The topological polar surface area (TPSA) is 37.3 Å². The molecule has 0 bridgehead atoms. The van der Waals surface area contributed by atoms with Crippen LogP contribution >= 0.6 is 11.6 Å². The lowest BCUT2D eigenvalue weighted by Crippen LogP contribution is -2.03. The summed E-state index contributed by atoms with van der Waals surface area (Å²) in [6.45, 7) is 3.57. The minimum Gasteiger partial charge on any atom is -0.508 e. The zero-order valence-corrected chi connectivity index (χ0v) is 8.35. The van der Waals surface area contributed by atoms with E-state index < -0.39 is 0 Å². The van der Waals surface area contributed by atoms with E-state index in [1.807, 2.05) is 0 Å². The van der Waals surface area contributed by atoms with Crippen LogP contribution in [0.3, 0.4) is 0 Å². The molecular weight excluding hydrogens is 188 g/mol. The molecule has 0 fully saturated rings. The van der Waals surface area contributed by atoms with Crippen molar-refractivity contribution in [2.75, 3.05) is 5.88 Å². The molecule has 3 heteroatoms. The standard InChI is InChI=1S/C10H11ClO2/c1-6-7(2)9(12)4-3-8(6)10(13)5-11/h3-4,12H,5H2,1-2H3. The van der Waals surface area contributed by atoms with Crippen molar-refractivity contribution in [3.8, 4) is 5.75 Å². The number of carbonyl (C=O) groups is 1. The first-order valence-electron chi connectivity index (χ1n) is 3.96. The summed E-state index contributed by atoms with van der Waals surface area (Å²) in [4.78, 5) is 11.3. The van der Waals surface area contributed by atoms with Crippen LogP contribution in [-0.2, 0) is 0 Å². The maximum atomic E-state index is 11.3. The van der Waals surface area contributed by atoms with Crippen molar-refractivity contribution in [1.82, 2.24) is 0 Å². The number of hydrogen-bond acceptors (Lipinski definition) is 2. The van der Waals surface area contributed by atoms with E-state index in [9.17, 15) is 9.90 Å². The van der Waals surface area contributed by atoms with Gasteiger partial charge in [-0.05, 0) is 37.1 Å². The quantitative estimate of drug-likeness (QED) is 0.586. The molecule has 1 aromatic carbocycles. The number of ketones is 1. The predicted molar refractivity (Wildman–Crippen MR) is 52.6 cm³/mol. The molecule has 1 N–H and O–H groups in total. The number of alkyl halides is 1. The molecule has 0 saturated carbocycles. The Bertz CT molecular complexity index is 345. The number of halogens is 1. The molecule has 0 amide bonds. The van der Waals surface area contributed by atoms with Gasteiger partial charge in [0.05, 0.1) is 5.88 Å². The number of benzene rings is 1. The third-order valence-corrected chi connectivity index (χ3v) is 2.42. The molecule has 0 aliphatic carbocycles. The van der Waals surface area contributed by atoms with Gasteiger partial charge in [0.25, 0.3) is 0 Å². The molecular formula is C10H11ClO2. The second-order valence-electron chi connectivity index (χ2n) is 2.94. The lowest BCUT2D eigenvalue weighted by atomic mass is 10.00. The van der Waals surface area contributed by atoms with Gasteiger partial charge in [0.2, 0.25) is 0 Å². The van der Waals surface area contributed by atoms with Gasteiger partial charge in [0.1, 0.15) is 5.75 Å². The molecule has 1 aromatic rings. The number of rotatable bonds is 2. The molecule has 0 unspecified atom stereocenters. The molecule has 70 valence electrons. The van der Waals surface area contributed by atoms with Gasteiger partial charge in [-0.1, -0.05) is 0 Å². The van der Waals surface area contributed by atoms with Gasteiger partial charge in [0.15, 0.2) is 5.78 Å². The Balaban J connectivity index is 3.26. The first kappa shape index (κ1) is 10.1. The van der Waals surface area contributed by atoms with E-state index in [2.05, 4.69) is 0 Å². The zero-order chi connectivity index (χ0) is 10.0. The van der Waals surface area contributed by atoms with E-state index in [0.717, 1.165) is 11.1 Å². The van der Waals surface area contributed by atoms with Crippen LogP contribution in [0.1, 0.15) is 21.5 Å². The van der Waals surface area contributed by atoms with Crippen LogP contribution in [0.4, 0.5) is 0 Å². The number of aromatic hydroxyl groups is 1. The minimum atomic E-state index is -0.109. The predicted octanol–water partition coefficient (Wildman–Crippen LogP) is 2.43. The molecule has 13 heavy (non-hydrogen) atoms. The lowest BCUT2D eigenvalue weighted by Gasteiger charge is -2.07. The maximum absolute atomic E-state index is 11.3. The number of Topliss-reactive ketones (excluding diaryl/α,β-unsaturated/α-hetero) is 1. The number of phenols is 1. The van der Waals surface area contributed by atoms with Crippen molar-refractivity contribution in [2.24, 2.45) is 0 Å². The molecule has 0 saturated heterocycles. The van der Waals surface area contributed by atoms with E-state index in [1.165, 1.54) is 6.07 Å². The second kappa shape index (κ2) is 3.79. The van der Waals surface area contributed by atoms with Crippen molar-refractivity contribution < 1.29 is 9.90 Å². The van der Waals surface area contributed by atoms with Gasteiger partial charge in [-0.2, -0.15) is 0 Å². The molecule has 0 aliphatic rings. The summed E-state index contributed by atoms with van der Waals surface area (Å²) in [7, 11) is 0. The molecule has 0 heterocycles. The van der Waals surface area contributed by atoms with Crippen LogP contribution in [-0.4, -0.2) is 16.8 Å². The van der Waals surface area contributed by atoms with Gasteiger partial charge >= 0.3 is 0 Å². The van der Waals surface area contributed by atoms with Crippen molar-refractivity contribution in [1.29, 1.82) is 0 Å². The molecule has 0 atom stereocenters. The summed E-state index contributed by atoms with van der Waals surface area (Å²) in [5.74, 6) is 0.0799. The highest BCUT2D eigenvalue weighted by Gasteiger charge is 2.10. The Hall–Kier alpha value is -1.02. The number of phenolic OH excluding ortho intramolecular Hbond substituents is 1. The summed E-state index contributed by atoms with van der Waals surface area (Å²) in [6.07, 6.45) is 0. The fourth-order valence-electron chi connectivity index (χ4n) is 1.18. The Morgan fingerprint density at radius 3 is 2.54 bits per heavy atom. The molecule has 0 aliphatic heterocycles. The normalized spacial score (nSPS) is 10.1. The Labute approximate surface area is 82.2 Å².